The van der Waals surface area contributed by atoms with Crippen molar-refractivity contribution in [2.45, 2.75) is 39.3 Å². The molecule has 0 radical (unpaired) electrons. The summed E-state index contributed by atoms with van der Waals surface area (Å²) >= 11 is 0. The molecule has 0 heterocycles. The van der Waals surface area contributed by atoms with Gasteiger partial charge in [-0.25, -0.2) is 0 Å². The molecule has 106 valence electrons. The van der Waals surface area contributed by atoms with Gasteiger partial charge in [0.25, 0.3) is 0 Å². The second-order valence-electron chi connectivity index (χ2n) is 5.32. The number of hydrogen-bond donors (Lipinski definition) is 3. The summed E-state index contributed by atoms with van der Waals surface area (Å²) in [5.41, 5.74) is 2.05. The van der Waals surface area contributed by atoms with E-state index in [1.54, 1.807) is 6.92 Å². The molecule has 0 saturated carbocycles. The molecule has 0 saturated heterocycles. The van der Waals surface area contributed by atoms with Crippen molar-refractivity contribution in [3.05, 3.63) is 35.4 Å². The molecule has 0 aliphatic heterocycles. The molecule has 0 aromatic heterocycles. The number of nitrogens with one attached hydrogen (secondary N) is 1. The average molecular weight is 265 g/mol. The normalized spacial score (nSPS) is 14.4. The van der Waals surface area contributed by atoms with Crippen LogP contribution in [0, 0.1) is 5.92 Å². The molecule has 0 amide bonds. The third-order valence-corrected chi connectivity index (χ3v) is 3.00. The fourth-order valence-electron chi connectivity index (χ4n) is 1.84. The highest BCUT2D eigenvalue weighted by Crippen LogP contribution is 2.15. The molecule has 0 aliphatic carbocycles. The standard InChI is InChI=1S/C15H23NO3/c1-10(2)8-12-4-6-13(7-5-12)14(17)9-16-11(3)15(18)19/h4-7,10-11,14,16-17H,8-9H2,1-3H3,(H,18,19). The van der Waals surface area contributed by atoms with Gasteiger partial charge in [-0.15, -0.1) is 0 Å². The summed E-state index contributed by atoms with van der Waals surface area (Å²) in [6, 6.07) is 7.17. The first-order valence-corrected chi connectivity index (χ1v) is 6.63. The largest absolute Gasteiger partial charge is 0.480 e. The summed E-state index contributed by atoms with van der Waals surface area (Å²) in [5.74, 6) is -0.312. The van der Waals surface area contributed by atoms with Crippen LogP contribution in [-0.2, 0) is 11.2 Å². The maximum absolute atomic E-state index is 10.7. The third-order valence-electron chi connectivity index (χ3n) is 3.00. The molecule has 1 rings (SSSR count). The first-order chi connectivity index (χ1) is 8.90. The second-order valence-corrected chi connectivity index (χ2v) is 5.32. The Kier molecular flexibility index (Phi) is 5.99. The quantitative estimate of drug-likeness (QED) is 0.705. The maximum atomic E-state index is 10.7. The van der Waals surface area contributed by atoms with E-state index in [4.69, 9.17) is 5.11 Å². The van der Waals surface area contributed by atoms with E-state index in [0.29, 0.717) is 5.92 Å². The zero-order valence-electron chi connectivity index (χ0n) is 11.8. The topological polar surface area (TPSA) is 69.6 Å². The lowest BCUT2D eigenvalue weighted by atomic mass is 10.0. The van der Waals surface area contributed by atoms with Crippen LogP contribution in [0.4, 0.5) is 0 Å². The van der Waals surface area contributed by atoms with Crippen LogP contribution in [-0.4, -0.2) is 28.8 Å². The van der Waals surface area contributed by atoms with Gasteiger partial charge in [0, 0.05) is 6.54 Å². The predicted octanol–water partition coefficient (Wildman–Crippen LogP) is 1.98. The van der Waals surface area contributed by atoms with Gasteiger partial charge in [0.2, 0.25) is 0 Å². The Hall–Kier alpha value is -1.39. The van der Waals surface area contributed by atoms with E-state index in [1.807, 2.05) is 24.3 Å². The van der Waals surface area contributed by atoms with Gasteiger partial charge in [0.1, 0.15) is 6.04 Å². The summed E-state index contributed by atoms with van der Waals surface area (Å²) in [4.78, 5) is 10.7. The summed E-state index contributed by atoms with van der Waals surface area (Å²) in [6.45, 7) is 6.12. The van der Waals surface area contributed by atoms with Gasteiger partial charge in [0.15, 0.2) is 0 Å². The number of benzene rings is 1. The van der Waals surface area contributed by atoms with E-state index in [0.717, 1.165) is 12.0 Å². The van der Waals surface area contributed by atoms with Crippen LogP contribution in [0.5, 0.6) is 0 Å². The van der Waals surface area contributed by atoms with E-state index in [2.05, 4.69) is 19.2 Å². The van der Waals surface area contributed by atoms with Crippen molar-refractivity contribution in [1.82, 2.24) is 5.32 Å². The second kappa shape index (κ2) is 7.26. The zero-order chi connectivity index (χ0) is 14.4. The highest BCUT2D eigenvalue weighted by molar-refractivity contribution is 5.72. The number of carboxylic acid groups (broad SMARTS) is 1. The minimum atomic E-state index is -0.917. The third kappa shape index (κ3) is 5.41. The molecule has 1 aromatic rings. The van der Waals surface area contributed by atoms with Crippen molar-refractivity contribution in [2.75, 3.05) is 6.54 Å². The minimum Gasteiger partial charge on any atom is -0.480 e. The van der Waals surface area contributed by atoms with Crippen LogP contribution in [0.1, 0.15) is 38.0 Å². The Balaban J connectivity index is 2.53. The molecule has 1 aromatic carbocycles. The minimum absolute atomic E-state index is 0.233. The Bertz CT molecular complexity index is 400. The lowest BCUT2D eigenvalue weighted by Gasteiger charge is -2.15. The monoisotopic (exact) mass is 265 g/mol. The van der Waals surface area contributed by atoms with Gasteiger partial charge < -0.3 is 15.5 Å². The van der Waals surface area contributed by atoms with E-state index >= 15 is 0 Å². The molecule has 4 heteroatoms. The summed E-state index contributed by atoms with van der Waals surface area (Å²) in [6.07, 6.45) is 0.333. The molecule has 2 unspecified atom stereocenters. The number of carbonyl (C=O) groups is 1. The fraction of sp³-hybridized carbons (Fsp3) is 0.533. The Morgan fingerprint density at radius 3 is 2.26 bits per heavy atom. The molecular formula is C15H23NO3. The molecule has 0 spiro atoms. The van der Waals surface area contributed by atoms with Gasteiger partial charge in [-0.3, -0.25) is 4.79 Å². The Morgan fingerprint density at radius 1 is 1.21 bits per heavy atom. The molecular weight excluding hydrogens is 242 g/mol. The number of aliphatic carboxylic acids is 1. The Labute approximate surface area is 114 Å². The summed E-state index contributed by atoms with van der Waals surface area (Å²) in [7, 11) is 0. The van der Waals surface area contributed by atoms with Crippen LogP contribution in [0.2, 0.25) is 0 Å². The average Bonchev–Trinajstić information content (AvgIpc) is 2.35. The number of hydrogen-bond acceptors (Lipinski definition) is 3. The number of aliphatic hydroxyl groups excluding tert-OH is 1. The lowest BCUT2D eigenvalue weighted by molar-refractivity contribution is -0.139. The maximum Gasteiger partial charge on any atom is 0.320 e. The molecule has 0 fully saturated rings. The molecule has 3 N–H and O–H groups in total. The SMILES string of the molecule is CC(C)Cc1ccc(C(O)CNC(C)C(=O)O)cc1. The summed E-state index contributed by atoms with van der Waals surface area (Å²) < 4.78 is 0. The van der Waals surface area contributed by atoms with Crippen molar-refractivity contribution in [3.63, 3.8) is 0 Å². The van der Waals surface area contributed by atoms with Crippen LogP contribution in [0.25, 0.3) is 0 Å². The lowest BCUT2D eigenvalue weighted by Crippen LogP contribution is -2.36. The van der Waals surface area contributed by atoms with Crippen molar-refractivity contribution in [2.24, 2.45) is 5.92 Å². The van der Waals surface area contributed by atoms with E-state index in [-0.39, 0.29) is 6.54 Å². The molecule has 0 aliphatic rings. The molecule has 0 bridgehead atoms. The summed E-state index contributed by atoms with van der Waals surface area (Å²) in [5, 5.41) is 21.5. The Morgan fingerprint density at radius 2 is 1.79 bits per heavy atom. The van der Waals surface area contributed by atoms with E-state index in [1.165, 1.54) is 5.56 Å². The van der Waals surface area contributed by atoms with Crippen LogP contribution >= 0.6 is 0 Å². The molecule has 19 heavy (non-hydrogen) atoms. The van der Waals surface area contributed by atoms with Crippen LogP contribution in [0.3, 0.4) is 0 Å². The fourth-order valence-corrected chi connectivity index (χ4v) is 1.84. The van der Waals surface area contributed by atoms with Gasteiger partial charge in [-0.1, -0.05) is 38.1 Å². The van der Waals surface area contributed by atoms with Crippen molar-refractivity contribution < 1.29 is 15.0 Å². The van der Waals surface area contributed by atoms with Crippen molar-refractivity contribution in [1.29, 1.82) is 0 Å². The molecule has 4 nitrogen and oxygen atoms in total. The first kappa shape index (κ1) is 15.7. The van der Waals surface area contributed by atoms with Crippen molar-refractivity contribution in [3.8, 4) is 0 Å². The van der Waals surface area contributed by atoms with Gasteiger partial charge >= 0.3 is 5.97 Å². The first-order valence-electron chi connectivity index (χ1n) is 6.63. The smallest absolute Gasteiger partial charge is 0.320 e. The van der Waals surface area contributed by atoms with Crippen molar-refractivity contribution >= 4 is 5.97 Å². The zero-order valence-corrected chi connectivity index (χ0v) is 11.8. The van der Waals surface area contributed by atoms with E-state index < -0.39 is 18.1 Å². The predicted molar refractivity (Wildman–Crippen MR) is 75.0 cm³/mol. The van der Waals surface area contributed by atoms with Crippen LogP contribution < -0.4 is 5.32 Å². The van der Waals surface area contributed by atoms with Gasteiger partial charge in [0.05, 0.1) is 6.10 Å². The highest BCUT2D eigenvalue weighted by atomic mass is 16.4. The highest BCUT2D eigenvalue weighted by Gasteiger charge is 2.13. The number of carboxylic acids is 1. The van der Waals surface area contributed by atoms with E-state index in [9.17, 15) is 9.90 Å². The number of aliphatic hydroxyl groups is 1. The van der Waals surface area contributed by atoms with Gasteiger partial charge in [-0.2, -0.15) is 0 Å². The number of rotatable bonds is 7. The van der Waals surface area contributed by atoms with Gasteiger partial charge in [-0.05, 0) is 30.4 Å². The molecule has 2 atom stereocenters. The van der Waals surface area contributed by atoms with Crippen LogP contribution in [0.15, 0.2) is 24.3 Å².